The molecule has 0 amide bonds. The second kappa shape index (κ2) is 6.28. The smallest absolute Gasteiger partial charge is 0.0799 e. The molecule has 2 atom stereocenters. The van der Waals surface area contributed by atoms with Crippen molar-refractivity contribution >= 4 is 12.4 Å². The molecule has 1 saturated heterocycles. The summed E-state index contributed by atoms with van der Waals surface area (Å²) >= 11 is 0. The summed E-state index contributed by atoms with van der Waals surface area (Å²) < 4.78 is 6.07. The highest BCUT2D eigenvalue weighted by atomic mass is 35.5. The van der Waals surface area contributed by atoms with Crippen LogP contribution in [0.1, 0.15) is 57.6 Å². The molecule has 1 N–H and O–H groups in total. The summed E-state index contributed by atoms with van der Waals surface area (Å²) in [5, 5.41) is 3.78. The van der Waals surface area contributed by atoms with Crippen LogP contribution < -0.4 is 5.32 Å². The third-order valence-corrected chi connectivity index (χ3v) is 4.96. The lowest BCUT2D eigenvalue weighted by Gasteiger charge is -2.48. The maximum atomic E-state index is 6.07. The Bertz CT molecular complexity index is 451. The zero-order chi connectivity index (χ0) is 14.2. The molecule has 1 aromatic carbocycles. The maximum absolute atomic E-state index is 6.07. The van der Waals surface area contributed by atoms with Crippen molar-refractivity contribution in [2.75, 3.05) is 13.2 Å². The molecular weight excluding hydrogens is 282 g/mol. The van der Waals surface area contributed by atoms with Crippen molar-refractivity contribution in [3.63, 3.8) is 0 Å². The van der Waals surface area contributed by atoms with E-state index in [1.807, 2.05) is 0 Å². The number of halogens is 1. The van der Waals surface area contributed by atoms with E-state index in [2.05, 4.69) is 50.4 Å². The van der Waals surface area contributed by atoms with Gasteiger partial charge in [-0.1, -0.05) is 57.9 Å². The minimum atomic E-state index is 0. The molecular formula is C18H28ClNO. The van der Waals surface area contributed by atoms with Crippen molar-refractivity contribution in [3.8, 4) is 0 Å². The molecule has 2 unspecified atom stereocenters. The molecule has 0 radical (unpaired) electrons. The van der Waals surface area contributed by atoms with Crippen LogP contribution in [-0.4, -0.2) is 19.3 Å². The molecule has 1 aliphatic heterocycles. The van der Waals surface area contributed by atoms with Crippen LogP contribution in [0.25, 0.3) is 0 Å². The molecule has 3 rings (SSSR count). The number of hydrogen-bond donors (Lipinski definition) is 1. The summed E-state index contributed by atoms with van der Waals surface area (Å²) in [5.41, 5.74) is 3.10. The zero-order valence-corrected chi connectivity index (χ0v) is 14.3. The zero-order valence-electron chi connectivity index (χ0n) is 13.4. The SMILES string of the molecule is CC(C)(C)c1ccc(C23CCCCC2OCCN3)cc1.Cl. The number of fused-ring (bicyclic) bond motifs is 1. The van der Waals surface area contributed by atoms with Gasteiger partial charge in [0.2, 0.25) is 0 Å². The van der Waals surface area contributed by atoms with Crippen molar-refractivity contribution in [1.29, 1.82) is 0 Å². The Morgan fingerprint density at radius 2 is 1.86 bits per heavy atom. The van der Waals surface area contributed by atoms with Crippen LogP contribution in [0.2, 0.25) is 0 Å². The van der Waals surface area contributed by atoms with Gasteiger partial charge in [0.1, 0.15) is 0 Å². The largest absolute Gasteiger partial charge is 0.375 e. The molecule has 21 heavy (non-hydrogen) atoms. The number of nitrogens with one attached hydrogen (secondary N) is 1. The highest BCUT2D eigenvalue weighted by molar-refractivity contribution is 5.85. The standard InChI is InChI=1S/C18H27NO.ClH/c1-17(2,3)14-7-9-15(10-8-14)18-11-5-4-6-16(18)20-13-12-19-18;/h7-10,16,19H,4-6,11-13H2,1-3H3;1H. The average molecular weight is 310 g/mol. The average Bonchev–Trinajstić information content (AvgIpc) is 2.46. The van der Waals surface area contributed by atoms with Crippen LogP contribution in [-0.2, 0) is 15.7 Å². The number of rotatable bonds is 1. The Kier molecular flexibility index (Phi) is 5.02. The van der Waals surface area contributed by atoms with Crippen molar-refractivity contribution in [2.24, 2.45) is 0 Å². The van der Waals surface area contributed by atoms with E-state index >= 15 is 0 Å². The number of benzene rings is 1. The predicted molar refractivity (Wildman–Crippen MR) is 90.3 cm³/mol. The fourth-order valence-electron chi connectivity index (χ4n) is 3.74. The van der Waals surface area contributed by atoms with Gasteiger partial charge in [-0.25, -0.2) is 0 Å². The van der Waals surface area contributed by atoms with Crippen molar-refractivity contribution in [1.82, 2.24) is 5.32 Å². The van der Waals surface area contributed by atoms with Gasteiger partial charge in [0.15, 0.2) is 0 Å². The Hall–Kier alpha value is -0.570. The van der Waals surface area contributed by atoms with Crippen LogP contribution in [0, 0.1) is 0 Å². The molecule has 1 aliphatic carbocycles. The van der Waals surface area contributed by atoms with Crippen LogP contribution in [0.4, 0.5) is 0 Å². The Morgan fingerprint density at radius 3 is 2.52 bits per heavy atom. The molecule has 0 bridgehead atoms. The van der Waals surface area contributed by atoms with Gasteiger partial charge in [-0.15, -0.1) is 12.4 Å². The van der Waals surface area contributed by atoms with Crippen molar-refractivity contribution in [3.05, 3.63) is 35.4 Å². The summed E-state index contributed by atoms with van der Waals surface area (Å²) in [7, 11) is 0. The lowest BCUT2D eigenvalue weighted by atomic mass is 9.73. The molecule has 1 heterocycles. The monoisotopic (exact) mass is 309 g/mol. The lowest BCUT2D eigenvalue weighted by molar-refractivity contribution is -0.0756. The highest BCUT2D eigenvalue weighted by Crippen LogP contribution is 2.41. The van der Waals surface area contributed by atoms with E-state index < -0.39 is 0 Å². The quantitative estimate of drug-likeness (QED) is 0.841. The van der Waals surface area contributed by atoms with Gasteiger partial charge < -0.3 is 10.1 Å². The summed E-state index contributed by atoms with van der Waals surface area (Å²) in [6, 6.07) is 9.24. The second-order valence-corrected chi connectivity index (χ2v) is 7.33. The third kappa shape index (κ3) is 3.13. The minimum absolute atomic E-state index is 0. The van der Waals surface area contributed by atoms with E-state index in [1.165, 1.54) is 36.8 Å². The summed E-state index contributed by atoms with van der Waals surface area (Å²) in [6.45, 7) is 8.63. The van der Waals surface area contributed by atoms with E-state index in [-0.39, 0.29) is 23.4 Å². The lowest BCUT2D eigenvalue weighted by Crippen LogP contribution is -2.59. The Morgan fingerprint density at radius 1 is 1.14 bits per heavy atom. The fraction of sp³-hybridized carbons (Fsp3) is 0.667. The van der Waals surface area contributed by atoms with E-state index in [9.17, 15) is 0 Å². The second-order valence-electron chi connectivity index (χ2n) is 7.33. The van der Waals surface area contributed by atoms with Crippen LogP contribution in [0.5, 0.6) is 0 Å². The number of hydrogen-bond acceptors (Lipinski definition) is 2. The van der Waals surface area contributed by atoms with Gasteiger partial charge >= 0.3 is 0 Å². The van der Waals surface area contributed by atoms with Gasteiger partial charge in [-0.3, -0.25) is 0 Å². The first-order chi connectivity index (χ1) is 9.52. The first-order valence-corrected chi connectivity index (χ1v) is 8.00. The molecule has 3 heteroatoms. The normalized spacial score (nSPS) is 29.4. The Balaban J connectivity index is 0.00000161. The molecule has 0 aromatic heterocycles. The molecule has 0 spiro atoms. The highest BCUT2D eigenvalue weighted by Gasteiger charge is 2.44. The van der Waals surface area contributed by atoms with E-state index in [0.29, 0.717) is 6.10 Å². The Labute approximate surface area is 135 Å². The summed E-state index contributed by atoms with van der Waals surface area (Å²) in [5.74, 6) is 0. The minimum Gasteiger partial charge on any atom is -0.375 e. The van der Waals surface area contributed by atoms with E-state index in [1.54, 1.807) is 0 Å². The first-order valence-electron chi connectivity index (χ1n) is 8.00. The molecule has 1 aromatic rings. The van der Waals surface area contributed by atoms with E-state index in [4.69, 9.17) is 4.74 Å². The molecule has 2 aliphatic rings. The van der Waals surface area contributed by atoms with E-state index in [0.717, 1.165) is 13.2 Å². The molecule has 118 valence electrons. The van der Waals surface area contributed by atoms with Crippen LogP contribution in [0.15, 0.2) is 24.3 Å². The number of ether oxygens (including phenoxy) is 1. The van der Waals surface area contributed by atoms with Gasteiger partial charge in [0.05, 0.1) is 18.2 Å². The van der Waals surface area contributed by atoms with Gasteiger partial charge in [-0.05, 0) is 29.4 Å². The molecule has 1 saturated carbocycles. The maximum Gasteiger partial charge on any atom is 0.0799 e. The third-order valence-electron chi connectivity index (χ3n) is 4.96. The van der Waals surface area contributed by atoms with Crippen molar-refractivity contribution < 1.29 is 4.74 Å². The van der Waals surface area contributed by atoms with Gasteiger partial charge in [0.25, 0.3) is 0 Å². The van der Waals surface area contributed by atoms with Crippen molar-refractivity contribution in [2.45, 2.75) is 63.5 Å². The van der Waals surface area contributed by atoms with Gasteiger partial charge in [0, 0.05) is 6.54 Å². The van der Waals surface area contributed by atoms with Crippen LogP contribution in [0.3, 0.4) is 0 Å². The summed E-state index contributed by atoms with van der Waals surface area (Å²) in [4.78, 5) is 0. The van der Waals surface area contributed by atoms with Crippen LogP contribution >= 0.6 is 12.4 Å². The first kappa shape index (κ1) is 16.8. The molecule has 2 fully saturated rings. The topological polar surface area (TPSA) is 21.3 Å². The molecule has 2 nitrogen and oxygen atoms in total. The number of morpholine rings is 1. The predicted octanol–water partition coefficient (Wildman–Crippen LogP) is 4.16. The fourth-order valence-corrected chi connectivity index (χ4v) is 3.74. The van der Waals surface area contributed by atoms with Gasteiger partial charge in [-0.2, -0.15) is 0 Å². The summed E-state index contributed by atoms with van der Waals surface area (Å²) in [6.07, 6.45) is 5.34.